The van der Waals surface area contributed by atoms with Crippen LogP contribution in [0.3, 0.4) is 0 Å². The van der Waals surface area contributed by atoms with E-state index in [0.29, 0.717) is 13.0 Å². The second-order valence-corrected chi connectivity index (χ2v) is 7.66. The van der Waals surface area contributed by atoms with E-state index in [1.54, 1.807) is 14.2 Å². The van der Waals surface area contributed by atoms with Crippen molar-refractivity contribution in [2.75, 3.05) is 27.5 Å². The van der Waals surface area contributed by atoms with Crippen molar-refractivity contribution < 1.29 is 19.3 Å². The molecule has 3 aromatic carbocycles. The first-order valence-corrected chi connectivity index (χ1v) is 10.5. The SMILES string of the molecule is COC1(OC)C(O)CCN1COC(c1ccccc1)(c1ccccc1)c1ccccc1. The first kappa shape index (κ1) is 21.7. The number of benzene rings is 3. The van der Waals surface area contributed by atoms with E-state index < -0.39 is 17.6 Å². The van der Waals surface area contributed by atoms with Crippen LogP contribution in [0.25, 0.3) is 0 Å². The second-order valence-electron chi connectivity index (χ2n) is 7.66. The van der Waals surface area contributed by atoms with E-state index >= 15 is 0 Å². The van der Waals surface area contributed by atoms with Crippen LogP contribution < -0.4 is 0 Å². The summed E-state index contributed by atoms with van der Waals surface area (Å²) >= 11 is 0. The molecule has 1 aliphatic rings. The van der Waals surface area contributed by atoms with Gasteiger partial charge in [-0.2, -0.15) is 0 Å². The molecule has 1 heterocycles. The van der Waals surface area contributed by atoms with E-state index in [-0.39, 0.29) is 6.73 Å². The first-order chi connectivity index (χ1) is 15.2. The number of nitrogens with zero attached hydrogens (tertiary/aromatic N) is 1. The summed E-state index contributed by atoms with van der Waals surface area (Å²) < 4.78 is 18.1. The third-order valence-electron chi connectivity index (χ3n) is 6.10. The maximum absolute atomic E-state index is 10.5. The van der Waals surface area contributed by atoms with Gasteiger partial charge in [0.2, 0.25) is 0 Å². The van der Waals surface area contributed by atoms with Crippen molar-refractivity contribution in [2.24, 2.45) is 0 Å². The predicted molar refractivity (Wildman–Crippen MR) is 119 cm³/mol. The number of rotatable bonds is 8. The van der Waals surface area contributed by atoms with E-state index in [2.05, 4.69) is 36.4 Å². The van der Waals surface area contributed by atoms with Crippen LogP contribution in [-0.2, 0) is 19.8 Å². The molecule has 0 aliphatic carbocycles. The second kappa shape index (κ2) is 9.30. The third-order valence-corrected chi connectivity index (χ3v) is 6.10. The van der Waals surface area contributed by atoms with Crippen LogP contribution in [0.15, 0.2) is 91.0 Å². The molecule has 1 N–H and O–H groups in total. The van der Waals surface area contributed by atoms with Crippen LogP contribution in [0.4, 0.5) is 0 Å². The summed E-state index contributed by atoms with van der Waals surface area (Å²) in [6, 6.07) is 30.6. The van der Waals surface area contributed by atoms with E-state index in [0.717, 1.165) is 16.7 Å². The Balaban J connectivity index is 1.81. The molecule has 0 spiro atoms. The summed E-state index contributed by atoms with van der Waals surface area (Å²) in [5, 5.41) is 10.5. The molecule has 5 nitrogen and oxygen atoms in total. The van der Waals surface area contributed by atoms with Crippen LogP contribution in [0.5, 0.6) is 0 Å². The first-order valence-electron chi connectivity index (χ1n) is 10.5. The Kier molecular flexibility index (Phi) is 6.51. The topological polar surface area (TPSA) is 51.2 Å². The molecule has 31 heavy (non-hydrogen) atoms. The van der Waals surface area contributed by atoms with Crippen molar-refractivity contribution in [3.05, 3.63) is 108 Å². The van der Waals surface area contributed by atoms with Crippen LogP contribution >= 0.6 is 0 Å². The highest BCUT2D eigenvalue weighted by Crippen LogP contribution is 2.41. The number of ether oxygens (including phenoxy) is 3. The normalized spacial score (nSPS) is 18.9. The Morgan fingerprint density at radius 1 is 0.806 bits per heavy atom. The lowest BCUT2D eigenvalue weighted by atomic mass is 9.80. The minimum Gasteiger partial charge on any atom is -0.386 e. The molecule has 4 rings (SSSR count). The smallest absolute Gasteiger partial charge is 0.258 e. The lowest BCUT2D eigenvalue weighted by Gasteiger charge is -2.41. The summed E-state index contributed by atoms with van der Waals surface area (Å²) in [6.45, 7) is 0.800. The quantitative estimate of drug-likeness (QED) is 0.442. The lowest BCUT2D eigenvalue weighted by molar-refractivity contribution is -0.328. The van der Waals surface area contributed by atoms with Crippen molar-refractivity contribution in [1.29, 1.82) is 0 Å². The minimum absolute atomic E-state index is 0.206. The number of hydrogen-bond acceptors (Lipinski definition) is 5. The van der Waals surface area contributed by atoms with Crippen molar-refractivity contribution in [3.63, 3.8) is 0 Å². The molecular weight excluding hydrogens is 390 g/mol. The monoisotopic (exact) mass is 419 g/mol. The molecule has 1 aliphatic heterocycles. The van der Waals surface area contributed by atoms with Gasteiger partial charge in [0.1, 0.15) is 18.4 Å². The zero-order valence-corrected chi connectivity index (χ0v) is 18.0. The van der Waals surface area contributed by atoms with Gasteiger partial charge in [0.15, 0.2) is 0 Å². The van der Waals surface area contributed by atoms with Crippen molar-refractivity contribution >= 4 is 0 Å². The zero-order chi connectivity index (χ0) is 21.7. The van der Waals surface area contributed by atoms with E-state index in [1.807, 2.05) is 59.5 Å². The van der Waals surface area contributed by atoms with Gasteiger partial charge in [0, 0.05) is 20.8 Å². The number of methoxy groups -OCH3 is 2. The summed E-state index contributed by atoms with van der Waals surface area (Å²) in [5.74, 6) is -1.23. The molecule has 1 unspecified atom stereocenters. The highest BCUT2D eigenvalue weighted by molar-refractivity contribution is 5.47. The standard InChI is InChI=1S/C26H29NO4/c1-29-26(30-2)24(28)18-19-27(26)20-31-25(21-12-6-3-7-13-21,22-14-8-4-9-15-22)23-16-10-5-11-17-23/h3-17,24,28H,18-20H2,1-2H3. The average molecular weight is 420 g/mol. The Hall–Kier alpha value is -2.54. The number of aliphatic hydroxyl groups is 1. The molecule has 0 aromatic heterocycles. The van der Waals surface area contributed by atoms with Gasteiger partial charge in [0.05, 0.1) is 0 Å². The van der Waals surface area contributed by atoms with Crippen LogP contribution in [0.2, 0.25) is 0 Å². The van der Waals surface area contributed by atoms with Gasteiger partial charge in [-0.25, -0.2) is 4.90 Å². The maximum Gasteiger partial charge on any atom is 0.258 e. The zero-order valence-electron chi connectivity index (χ0n) is 18.0. The number of likely N-dealkylation sites (tertiary alicyclic amines) is 1. The number of hydrogen-bond donors (Lipinski definition) is 1. The molecule has 0 saturated carbocycles. The van der Waals surface area contributed by atoms with E-state index in [9.17, 15) is 5.11 Å². The molecule has 0 amide bonds. The van der Waals surface area contributed by atoms with Gasteiger partial charge in [-0.05, 0) is 23.1 Å². The van der Waals surface area contributed by atoms with Gasteiger partial charge in [-0.15, -0.1) is 0 Å². The molecule has 3 aromatic rings. The van der Waals surface area contributed by atoms with E-state index in [4.69, 9.17) is 14.2 Å². The van der Waals surface area contributed by atoms with Gasteiger partial charge in [-0.1, -0.05) is 91.0 Å². The van der Waals surface area contributed by atoms with Gasteiger partial charge < -0.3 is 19.3 Å². The van der Waals surface area contributed by atoms with Crippen LogP contribution in [-0.4, -0.2) is 49.5 Å². The fraction of sp³-hybridized carbons (Fsp3) is 0.308. The Labute approximate surface area is 183 Å². The largest absolute Gasteiger partial charge is 0.386 e. The third kappa shape index (κ3) is 3.80. The molecule has 1 saturated heterocycles. The van der Waals surface area contributed by atoms with Gasteiger partial charge in [-0.3, -0.25) is 0 Å². The summed E-state index contributed by atoms with van der Waals surface area (Å²) in [4.78, 5) is 1.90. The van der Waals surface area contributed by atoms with Gasteiger partial charge in [0.25, 0.3) is 5.91 Å². The van der Waals surface area contributed by atoms with Crippen molar-refractivity contribution in [3.8, 4) is 0 Å². The Morgan fingerprint density at radius 3 is 1.61 bits per heavy atom. The summed E-state index contributed by atoms with van der Waals surface area (Å²) in [6.07, 6.45) is -0.217. The fourth-order valence-corrected chi connectivity index (χ4v) is 4.54. The average Bonchev–Trinajstić information content (AvgIpc) is 3.17. The molecule has 0 radical (unpaired) electrons. The van der Waals surface area contributed by atoms with Crippen LogP contribution in [0, 0.1) is 0 Å². The summed E-state index contributed by atoms with van der Waals surface area (Å²) in [5.41, 5.74) is 2.22. The highest BCUT2D eigenvalue weighted by Gasteiger charge is 2.51. The molecule has 162 valence electrons. The molecule has 1 atom stereocenters. The van der Waals surface area contributed by atoms with Crippen LogP contribution in [0.1, 0.15) is 23.1 Å². The molecule has 0 bridgehead atoms. The van der Waals surface area contributed by atoms with E-state index in [1.165, 1.54) is 0 Å². The van der Waals surface area contributed by atoms with Crippen molar-refractivity contribution in [2.45, 2.75) is 24.0 Å². The molecule has 1 fully saturated rings. The minimum atomic E-state index is -1.23. The Bertz CT molecular complexity index is 848. The number of aliphatic hydroxyl groups excluding tert-OH is 1. The molecule has 5 heteroatoms. The van der Waals surface area contributed by atoms with Crippen molar-refractivity contribution in [1.82, 2.24) is 4.90 Å². The highest BCUT2D eigenvalue weighted by atomic mass is 16.7. The lowest BCUT2D eigenvalue weighted by Crippen LogP contribution is -2.55. The fourth-order valence-electron chi connectivity index (χ4n) is 4.54. The Morgan fingerprint density at radius 2 is 1.23 bits per heavy atom. The predicted octanol–water partition coefficient (Wildman–Crippen LogP) is 3.97. The maximum atomic E-state index is 10.5. The molecular formula is C26H29NO4. The van der Waals surface area contributed by atoms with Gasteiger partial charge >= 0.3 is 0 Å². The summed E-state index contributed by atoms with van der Waals surface area (Å²) in [7, 11) is 3.09.